The van der Waals surface area contributed by atoms with Gasteiger partial charge in [0.15, 0.2) is 6.29 Å². The molecule has 3 rings (SSSR count). The average Bonchev–Trinajstić information content (AvgIpc) is 2.85. The summed E-state index contributed by atoms with van der Waals surface area (Å²) in [6, 6.07) is 23.5. The second-order valence-electron chi connectivity index (χ2n) is 8.04. The van der Waals surface area contributed by atoms with Crippen molar-refractivity contribution in [2.24, 2.45) is 0 Å². The van der Waals surface area contributed by atoms with Crippen LogP contribution in [0.15, 0.2) is 72.8 Å². The lowest BCUT2D eigenvalue weighted by atomic mass is 10.1. The maximum Gasteiger partial charge on any atom is 0.336 e. The maximum atomic E-state index is 11.1. The lowest BCUT2D eigenvalue weighted by Crippen LogP contribution is -2.06. The normalized spacial score (nSPS) is 10.5. The van der Waals surface area contributed by atoms with Crippen LogP contribution in [0.1, 0.15) is 57.5 Å². The quantitative estimate of drug-likeness (QED) is 0.234. The van der Waals surface area contributed by atoms with E-state index in [0.29, 0.717) is 6.29 Å². The van der Waals surface area contributed by atoms with Crippen LogP contribution in [0, 0.1) is 0 Å². The van der Waals surface area contributed by atoms with Gasteiger partial charge < -0.3 is 15.2 Å². The third-order valence-electron chi connectivity index (χ3n) is 5.52. The molecule has 0 unspecified atom stereocenters. The number of aldehydes is 1. The average molecular weight is 446 g/mol. The van der Waals surface area contributed by atoms with Gasteiger partial charge in [0.1, 0.15) is 5.75 Å². The van der Waals surface area contributed by atoms with E-state index < -0.39 is 5.97 Å². The van der Waals surface area contributed by atoms with Gasteiger partial charge in [-0.2, -0.15) is 0 Å². The molecule has 3 aromatic carbocycles. The number of anilines is 1. The standard InChI is InChI=1S/C28H31NO4/c30-21-24-20-25(14-17-27(24)28(31)32)29-18-7-11-23-12-15-26(16-13-23)33-19-6-2-5-10-22-8-3-1-4-9-22/h1,3-4,8-9,12-17,20-21,29H,2,5-7,10-11,18-19H2,(H,31,32). The highest BCUT2D eigenvalue weighted by molar-refractivity contribution is 5.97. The van der Waals surface area contributed by atoms with Gasteiger partial charge in [-0.05, 0) is 80.0 Å². The van der Waals surface area contributed by atoms with E-state index in [1.807, 2.05) is 12.1 Å². The number of carbonyl (C=O) groups excluding carboxylic acids is 1. The number of ether oxygens (including phenoxy) is 1. The van der Waals surface area contributed by atoms with Crippen LogP contribution >= 0.6 is 0 Å². The zero-order valence-corrected chi connectivity index (χ0v) is 18.8. The molecule has 0 fully saturated rings. The summed E-state index contributed by atoms with van der Waals surface area (Å²) in [5.74, 6) is -0.195. The molecule has 0 saturated carbocycles. The third kappa shape index (κ3) is 8.11. The third-order valence-corrected chi connectivity index (χ3v) is 5.52. The minimum atomic E-state index is -1.10. The summed E-state index contributed by atoms with van der Waals surface area (Å²) in [4.78, 5) is 22.2. The monoisotopic (exact) mass is 445 g/mol. The fourth-order valence-electron chi connectivity index (χ4n) is 3.69. The highest BCUT2D eigenvalue weighted by atomic mass is 16.5. The first-order valence-corrected chi connectivity index (χ1v) is 11.5. The van der Waals surface area contributed by atoms with Crippen LogP contribution < -0.4 is 10.1 Å². The van der Waals surface area contributed by atoms with Crippen LogP contribution in [0.4, 0.5) is 5.69 Å². The molecule has 0 aromatic heterocycles. The molecule has 0 aliphatic heterocycles. The second kappa shape index (κ2) is 13.1. The van der Waals surface area contributed by atoms with Crippen LogP contribution in [0.3, 0.4) is 0 Å². The number of nitrogens with one attached hydrogen (secondary N) is 1. The molecule has 172 valence electrons. The number of carboxylic acids is 1. The molecule has 0 atom stereocenters. The van der Waals surface area contributed by atoms with E-state index >= 15 is 0 Å². The molecule has 33 heavy (non-hydrogen) atoms. The molecule has 0 aliphatic rings. The van der Waals surface area contributed by atoms with Gasteiger partial charge in [-0.25, -0.2) is 4.79 Å². The Kier molecular flexibility index (Phi) is 9.52. The number of rotatable bonds is 14. The van der Waals surface area contributed by atoms with Crippen molar-refractivity contribution < 1.29 is 19.4 Å². The summed E-state index contributed by atoms with van der Waals surface area (Å²) in [7, 11) is 0. The SMILES string of the molecule is O=Cc1cc(NCCCc2ccc(OCCCCCc3ccccc3)cc2)ccc1C(=O)O. The molecule has 2 N–H and O–H groups in total. The molecule has 5 nitrogen and oxygen atoms in total. The van der Waals surface area contributed by atoms with Crippen molar-refractivity contribution in [1.82, 2.24) is 0 Å². The Balaban J connectivity index is 1.30. The first-order chi connectivity index (χ1) is 16.2. The highest BCUT2D eigenvalue weighted by Crippen LogP contribution is 2.17. The van der Waals surface area contributed by atoms with Crippen LogP contribution in [0.2, 0.25) is 0 Å². The van der Waals surface area contributed by atoms with E-state index in [1.54, 1.807) is 12.1 Å². The Hall–Kier alpha value is -3.60. The number of aromatic carboxylic acids is 1. The van der Waals surface area contributed by atoms with Crippen molar-refractivity contribution in [3.63, 3.8) is 0 Å². The number of aryl methyl sites for hydroxylation is 2. The topological polar surface area (TPSA) is 75.6 Å². The summed E-state index contributed by atoms with van der Waals surface area (Å²) in [5, 5.41) is 12.3. The Morgan fingerprint density at radius 2 is 1.58 bits per heavy atom. The van der Waals surface area contributed by atoms with Gasteiger partial charge in [-0.15, -0.1) is 0 Å². The molecule has 0 saturated heterocycles. The van der Waals surface area contributed by atoms with Gasteiger partial charge in [-0.3, -0.25) is 4.79 Å². The van der Waals surface area contributed by atoms with E-state index in [9.17, 15) is 9.59 Å². The van der Waals surface area contributed by atoms with Crippen LogP contribution in [-0.2, 0) is 12.8 Å². The maximum absolute atomic E-state index is 11.1. The van der Waals surface area contributed by atoms with E-state index in [0.717, 1.165) is 56.7 Å². The van der Waals surface area contributed by atoms with Crippen molar-refractivity contribution in [2.75, 3.05) is 18.5 Å². The summed E-state index contributed by atoms with van der Waals surface area (Å²) < 4.78 is 5.86. The van der Waals surface area contributed by atoms with Crippen molar-refractivity contribution in [3.8, 4) is 5.75 Å². The number of carboxylic acid groups (broad SMARTS) is 1. The van der Waals surface area contributed by atoms with Crippen LogP contribution in [0.25, 0.3) is 0 Å². The number of carbonyl (C=O) groups is 2. The van der Waals surface area contributed by atoms with E-state index in [1.165, 1.54) is 23.6 Å². The predicted octanol–water partition coefficient (Wildman–Crippen LogP) is 6.03. The number of hydrogen-bond donors (Lipinski definition) is 2. The number of unbranched alkanes of at least 4 members (excludes halogenated alkanes) is 2. The van der Waals surface area contributed by atoms with Crippen molar-refractivity contribution >= 4 is 17.9 Å². The fourth-order valence-corrected chi connectivity index (χ4v) is 3.69. The largest absolute Gasteiger partial charge is 0.494 e. The Labute approximate surface area is 195 Å². The number of hydrogen-bond acceptors (Lipinski definition) is 4. The zero-order chi connectivity index (χ0) is 23.3. The van der Waals surface area contributed by atoms with Gasteiger partial charge in [-0.1, -0.05) is 42.5 Å². The second-order valence-corrected chi connectivity index (χ2v) is 8.04. The van der Waals surface area contributed by atoms with Crippen molar-refractivity contribution in [3.05, 3.63) is 95.1 Å². The Morgan fingerprint density at radius 3 is 2.30 bits per heavy atom. The summed E-state index contributed by atoms with van der Waals surface area (Å²) >= 11 is 0. The van der Waals surface area contributed by atoms with Gasteiger partial charge in [0.05, 0.1) is 12.2 Å². The van der Waals surface area contributed by atoms with Crippen molar-refractivity contribution in [2.45, 2.75) is 38.5 Å². The highest BCUT2D eigenvalue weighted by Gasteiger charge is 2.09. The molecule has 0 bridgehead atoms. The number of benzene rings is 3. The fraction of sp³-hybridized carbons (Fsp3) is 0.286. The molecular formula is C28H31NO4. The first-order valence-electron chi connectivity index (χ1n) is 11.5. The molecule has 5 heteroatoms. The first kappa shape index (κ1) is 24.1. The van der Waals surface area contributed by atoms with Gasteiger partial charge in [0.2, 0.25) is 0 Å². The Morgan fingerprint density at radius 1 is 0.848 bits per heavy atom. The minimum Gasteiger partial charge on any atom is -0.494 e. The lowest BCUT2D eigenvalue weighted by Gasteiger charge is -2.09. The molecular weight excluding hydrogens is 414 g/mol. The lowest BCUT2D eigenvalue weighted by molar-refractivity contribution is 0.0694. The Bertz CT molecular complexity index is 1020. The predicted molar refractivity (Wildman–Crippen MR) is 132 cm³/mol. The summed E-state index contributed by atoms with van der Waals surface area (Å²) in [5.41, 5.74) is 3.58. The molecule has 3 aromatic rings. The zero-order valence-electron chi connectivity index (χ0n) is 18.8. The molecule has 0 heterocycles. The molecule has 0 amide bonds. The van der Waals surface area contributed by atoms with E-state index in [-0.39, 0.29) is 11.1 Å². The summed E-state index contributed by atoms with van der Waals surface area (Å²) in [6.07, 6.45) is 6.92. The van der Waals surface area contributed by atoms with Gasteiger partial charge in [0.25, 0.3) is 0 Å². The summed E-state index contributed by atoms with van der Waals surface area (Å²) in [6.45, 7) is 1.47. The van der Waals surface area contributed by atoms with Gasteiger partial charge >= 0.3 is 5.97 Å². The molecule has 0 radical (unpaired) electrons. The van der Waals surface area contributed by atoms with Crippen LogP contribution in [0.5, 0.6) is 5.75 Å². The van der Waals surface area contributed by atoms with Crippen molar-refractivity contribution in [1.29, 1.82) is 0 Å². The van der Waals surface area contributed by atoms with E-state index in [2.05, 4.69) is 47.8 Å². The molecule has 0 spiro atoms. The van der Waals surface area contributed by atoms with Crippen LogP contribution in [-0.4, -0.2) is 30.5 Å². The van der Waals surface area contributed by atoms with E-state index in [4.69, 9.17) is 9.84 Å². The van der Waals surface area contributed by atoms with Gasteiger partial charge in [0, 0.05) is 17.8 Å². The minimum absolute atomic E-state index is 0.0186. The molecule has 0 aliphatic carbocycles. The smallest absolute Gasteiger partial charge is 0.336 e.